The second-order valence-corrected chi connectivity index (χ2v) is 6.18. The molecule has 0 radical (unpaired) electrons. The van der Waals surface area contributed by atoms with Crippen LogP contribution >= 0.6 is 0 Å². The highest BCUT2D eigenvalue weighted by Crippen LogP contribution is 2.24. The minimum absolute atomic E-state index is 0.220. The minimum atomic E-state index is -0.220. The summed E-state index contributed by atoms with van der Waals surface area (Å²) in [5.41, 5.74) is 0.739. The van der Waals surface area contributed by atoms with E-state index in [4.69, 9.17) is 4.74 Å². The van der Waals surface area contributed by atoms with Gasteiger partial charge in [-0.3, -0.25) is 0 Å². The third-order valence-corrected chi connectivity index (χ3v) is 3.60. The number of phenols is 1. The van der Waals surface area contributed by atoms with Crippen molar-refractivity contribution in [2.45, 2.75) is 71.3 Å². The van der Waals surface area contributed by atoms with Crippen LogP contribution in [0.1, 0.15) is 64.9 Å². The topological polar surface area (TPSA) is 29.5 Å². The Labute approximate surface area is 124 Å². The lowest BCUT2D eigenvalue weighted by molar-refractivity contribution is -0.0190. The third kappa shape index (κ3) is 6.95. The molecule has 0 fully saturated rings. The number of rotatable bonds is 10. The van der Waals surface area contributed by atoms with E-state index in [1.165, 1.54) is 32.1 Å². The summed E-state index contributed by atoms with van der Waals surface area (Å²) in [6, 6.07) is 7.51. The number of unbranched alkanes of at least 4 members (excludes halogenated alkanes) is 5. The molecule has 1 N–H and O–H groups in total. The van der Waals surface area contributed by atoms with Gasteiger partial charge in [0.25, 0.3) is 0 Å². The lowest BCUT2D eigenvalue weighted by atomic mass is 9.97. The molecule has 0 saturated carbocycles. The van der Waals surface area contributed by atoms with Gasteiger partial charge >= 0.3 is 0 Å². The Morgan fingerprint density at radius 1 is 1.00 bits per heavy atom. The van der Waals surface area contributed by atoms with Crippen molar-refractivity contribution < 1.29 is 9.84 Å². The zero-order valence-corrected chi connectivity index (χ0v) is 13.3. The smallest absolute Gasteiger partial charge is 0.118 e. The van der Waals surface area contributed by atoms with Gasteiger partial charge in [0, 0.05) is 13.0 Å². The second kappa shape index (κ2) is 9.02. The number of benzene rings is 1. The first-order valence-corrected chi connectivity index (χ1v) is 7.96. The van der Waals surface area contributed by atoms with Crippen molar-refractivity contribution in [3.8, 4) is 5.75 Å². The summed E-state index contributed by atoms with van der Waals surface area (Å²) < 4.78 is 5.98. The van der Waals surface area contributed by atoms with Crippen LogP contribution in [0.15, 0.2) is 24.3 Å². The average molecular weight is 278 g/mol. The van der Waals surface area contributed by atoms with Crippen molar-refractivity contribution >= 4 is 0 Å². The van der Waals surface area contributed by atoms with E-state index in [0.717, 1.165) is 25.0 Å². The van der Waals surface area contributed by atoms with E-state index in [9.17, 15) is 5.11 Å². The summed E-state index contributed by atoms with van der Waals surface area (Å²) in [5.74, 6) is 0.365. The Bertz CT molecular complexity index is 371. The average Bonchev–Trinajstić information content (AvgIpc) is 2.40. The molecule has 0 amide bonds. The van der Waals surface area contributed by atoms with Gasteiger partial charge in [0.1, 0.15) is 5.75 Å². The van der Waals surface area contributed by atoms with Crippen LogP contribution in [0, 0.1) is 0 Å². The Balaban J connectivity index is 2.23. The fourth-order valence-corrected chi connectivity index (χ4v) is 2.40. The molecule has 0 saturated heterocycles. The standard InChI is InChI=1S/C18H30O2/c1-4-5-6-7-8-11-14-20-18(2,3)15-16-12-9-10-13-17(16)19/h9-10,12-13,19H,4-8,11,14-15H2,1-3H3. The maximum atomic E-state index is 9.81. The zero-order valence-electron chi connectivity index (χ0n) is 13.3. The van der Waals surface area contributed by atoms with Gasteiger partial charge in [-0.25, -0.2) is 0 Å². The van der Waals surface area contributed by atoms with Crippen molar-refractivity contribution in [2.75, 3.05) is 6.61 Å². The third-order valence-electron chi connectivity index (χ3n) is 3.60. The van der Waals surface area contributed by atoms with E-state index >= 15 is 0 Å². The van der Waals surface area contributed by atoms with Crippen molar-refractivity contribution in [1.82, 2.24) is 0 Å². The SMILES string of the molecule is CCCCCCCCOC(C)(C)Cc1ccccc1O. The van der Waals surface area contributed by atoms with Crippen LogP contribution in [0.5, 0.6) is 5.75 Å². The molecule has 2 heteroatoms. The Morgan fingerprint density at radius 2 is 1.65 bits per heavy atom. The van der Waals surface area contributed by atoms with Gasteiger partial charge in [0.2, 0.25) is 0 Å². The monoisotopic (exact) mass is 278 g/mol. The number of hydrogen-bond donors (Lipinski definition) is 1. The molecule has 20 heavy (non-hydrogen) atoms. The molecule has 0 bridgehead atoms. The van der Waals surface area contributed by atoms with Gasteiger partial charge in [0.15, 0.2) is 0 Å². The van der Waals surface area contributed by atoms with E-state index < -0.39 is 0 Å². The van der Waals surface area contributed by atoms with Gasteiger partial charge in [-0.05, 0) is 31.9 Å². The summed E-state index contributed by atoms with van der Waals surface area (Å²) in [6.07, 6.45) is 8.44. The molecule has 0 aliphatic rings. The van der Waals surface area contributed by atoms with Crippen LogP contribution in [0.25, 0.3) is 0 Å². The van der Waals surface area contributed by atoms with Crippen LogP contribution < -0.4 is 0 Å². The molecule has 1 aromatic carbocycles. The highest BCUT2D eigenvalue weighted by atomic mass is 16.5. The molecule has 0 spiro atoms. The molecule has 1 aromatic rings. The number of ether oxygens (including phenoxy) is 1. The van der Waals surface area contributed by atoms with Crippen LogP contribution in [-0.2, 0) is 11.2 Å². The van der Waals surface area contributed by atoms with Gasteiger partial charge in [-0.15, -0.1) is 0 Å². The normalized spacial score (nSPS) is 11.8. The van der Waals surface area contributed by atoms with E-state index in [1.54, 1.807) is 6.07 Å². The molecule has 0 heterocycles. The first kappa shape index (κ1) is 17.0. The first-order valence-electron chi connectivity index (χ1n) is 7.96. The van der Waals surface area contributed by atoms with Crippen LogP contribution in [-0.4, -0.2) is 17.3 Å². The first-order chi connectivity index (χ1) is 9.55. The number of phenolic OH excluding ortho intramolecular Hbond substituents is 1. The molecule has 0 atom stereocenters. The number of aromatic hydroxyl groups is 1. The van der Waals surface area contributed by atoms with Crippen molar-refractivity contribution in [1.29, 1.82) is 0 Å². The molecule has 0 aromatic heterocycles. The van der Waals surface area contributed by atoms with Crippen LogP contribution in [0.3, 0.4) is 0 Å². The molecule has 2 nitrogen and oxygen atoms in total. The quantitative estimate of drug-likeness (QED) is 0.604. The van der Waals surface area contributed by atoms with Gasteiger partial charge < -0.3 is 9.84 Å². The summed E-state index contributed by atoms with van der Waals surface area (Å²) in [5, 5.41) is 9.81. The predicted octanol–water partition coefficient (Wildman–Crippen LogP) is 5.09. The summed E-state index contributed by atoms with van der Waals surface area (Å²) in [6.45, 7) is 7.24. The molecule has 0 unspecified atom stereocenters. The maximum Gasteiger partial charge on any atom is 0.118 e. The molecule has 0 aliphatic carbocycles. The fraction of sp³-hybridized carbons (Fsp3) is 0.667. The number of hydrogen-bond acceptors (Lipinski definition) is 2. The molecular formula is C18H30O2. The van der Waals surface area contributed by atoms with E-state index in [0.29, 0.717) is 5.75 Å². The zero-order chi connectivity index (χ0) is 14.8. The van der Waals surface area contributed by atoms with E-state index in [-0.39, 0.29) is 5.60 Å². The lowest BCUT2D eigenvalue weighted by Crippen LogP contribution is -2.28. The van der Waals surface area contributed by atoms with Crippen molar-refractivity contribution in [3.63, 3.8) is 0 Å². The Morgan fingerprint density at radius 3 is 2.35 bits per heavy atom. The predicted molar refractivity (Wildman–Crippen MR) is 85.2 cm³/mol. The van der Waals surface area contributed by atoms with Gasteiger partial charge in [-0.1, -0.05) is 57.2 Å². The second-order valence-electron chi connectivity index (χ2n) is 6.18. The van der Waals surface area contributed by atoms with E-state index in [1.807, 2.05) is 18.2 Å². The molecule has 0 aliphatic heterocycles. The lowest BCUT2D eigenvalue weighted by Gasteiger charge is -2.26. The largest absolute Gasteiger partial charge is 0.508 e. The molecule has 1 rings (SSSR count). The molecule has 114 valence electrons. The number of para-hydroxylation sites is 1. The van der Waals surface area contributed by atoms with Crippen LogP contribution in [0.2, 0.25) is 0 Å². The van der Waals surface area contributed by atoms with Crippen molar-refractivity contribution in [3.05, 3.63) is 29.8 Å². The molecular weight excluding hydrogens is 248 g/mol. The van der Waals surface area contributed by atoms with Crippen LogP contribution in [0.4, 0.5) is 0 Å². The van der Waals surface area contributed by atoms with E-state index in [2.05, 4.69) is 20.8 Å². The Kier molecular flexibility index (Phi) is 7.68. The highest BCUT2D eigenvalue weighted by Gasteiger charge is 2.20. The van der Waals surface area contributed by atoms with Gasteiger partial charge in [-0.2, -0.15) is 0 Å². The minimum Gasteiger partial charge on any atom is -0.508 e. The Hall–Kier alpha value is -1.02. The highest BCUT2D eigenvalue weighted by molar-refractivity contribution is 5.32. The summed E-state index contributed by atoms with van der Waals surface area (Å²) in [7, 11) is 0. The summed E-state index contributed by atoms with van der Waals surface area (Å²) >= 11 is 0. The van der Waals surface area contributed by atoms with Crippen molar-refractivity contribution in [2.24, 2.45) is 0 Å². The maximum absolute atomic E-state index is 9.81. The summed E-state index contributed by atoms with van der Waals surface area (Å²) in [4.78, 5) is 0. The van der Waals surface area contributed by atoms with Gasteiger partial charge in [0.05, 0.1) is 5.60 Å². The fourth-order valence-electron chi connectivity index (χ4n) is 2.40.